The highest BCUT2D eigenvalue weighted by atomic mass is 35.5. The van der Waals surface area contributed by atoms with Crippen molar-refractivity contribution >= 4 is 45.6 Å². The second-order valence-corrected chi connectivity index (χ2v) is 6.82. The van der Waals surface area contributed by atoms with Gasteiger partial charge in [-0.25, -0.2) is 0 Å². The number of para-hydroxylation sites is 1. The first-order valence-corrected chi connectivity index (χ1v) is 9.04. The van der Waals surface area contributed by atoms with Crippen molar-refractivity contribution in [2.24, 2.45) is 0 Å². The number of quaternary nitrogens is 1. The van der Waals surface area contributed by atoms with E-state index < -0.39 is 0 Å². The van der Waals surface area contributed by atoms with Crippen molar-refractivity contribution in [3.05, 3.63) is 71.8 Å². The molecule has 5 nitrogen and oxygen atoms in total. The van der Waals surface area contributed by atoms with Gasteiger partial charge in [-0.2, -0.15) is 0 Å². The van der Waals surface area contributed by atoms with Crippen molar-refractivity contribution in [1.29, 1.82) is 0 Å². The van der Waals surface area contributed by atoms with E-state index in [4.69, 9.17) is 11.6 Å². The number of hydrogen-bond donors (Lipinski definition) is 3. The largest absolute Gasteiger partial charge is 0.322 e. The molecule has 3 aromatic carbocycles. The van der Waals surface area contributed by atoms with Gasteiger partial charge in [0.25, 0.3) is 11.8 Å². The van der Waals surface area contributed by atoms with Crippen LogP contribution in [-0.2, 0) is 9.59 Å². The number of fused-ring (bicyclic) bond motifs is 1. The first-order chi connectivity index (χ1) is 13.0. The molecule has 0 bridgehead atoms. The van der Waals surface area contributed by atoms with E-state index in [1.165, 1.54) is 0 Å². The van der Waals surface area contributed by atoms with E-state index >= 15 is 0 Å². The second kappa shape index (κ2) is 8.66. The second-order valence-electron chi connectivity index (χ2n) is 6.41. The summed E-state index contributed by atoms with van der Waals surface area (Å²) in [5.41, 5.74) is 1.34. The molecule has 3 aromatic rings. The zero-order valence-corrected chi connectivity index (χ0v) is 15.7. The number of rotatable bonds is 6. The standard InChI is InChI=1S/C21H20ClN3O2/c1-25(14-21(27)24-19-11-5-4-10-17(19)22)13-20(26)23-18-12-6-8-15-7-2-3-9-16(15)18/h2-12H,13-14H2,1H3,(H,23,26)(H,24,27)/p+1. The summed E-state index contributed by atoms with van der Waals surface area (Å²) < 4.78 is 0. The summed E-state index contributed by atoms with van der Waals surface area (Å²) in [6.07, 6.45) is 0. The Balaban J connectivity index is 1.56. The van der Waals surface area contributed by atoms with Crippen molar-refractivity contribution in [2.75, 3.05) is 30.8 Å². The minimum Gasteiger partial charge on any atom is -0.322 e. The van der Waals surface area contributed by atoms with Gasteiger partial charge in [-0.15, -0.1) is 0 Å². The van der Waals surface area contributed by atoms with Gasteiger partial charge in [0.15, 0.2) is 13.1 Å². The minimum absolute atomic E-state index is 0.144. The molecule has 3 N–H and O–H groups in total. The van der Waals surface area contributed by atoms with Crippen LogP contribution in [0, 0.1) is 0 Å². The third-order valence-corrected chi connectivity index (χ3v) is 4.47. The molecule has 0 radical (unpaired) electrons. The summed E-state index contributed by atoms with van der Waals surface area (Å²) >= 11 is 6.04. The third-order valence-electron chi connectivity index (χ3n) is 4.14. The fourth-order valence-corrected chi connectivity index (χ4v) is 3.08. The summed E-state index contributed by atoms with van der Waals surface area (Å²) in [5, 5.41) is 8.24. The fourth-order valence-electron chi connectivity index (χ4n) is 2.90. The van der Waals surface area contributed by atoms with Crippen molar-refractivity contribution in [1.82, 2.24) is 0 Å². The lowest BCUT2D eigenvalue weighted by Crippen LogP contribution is -3.11. The van der Waals surface area contributed by atoms with Crippen LogP contribution in [0.2, 0.25) is 5.02 Å². The van der Waals surface area contributed by atoms with Gasteiger partial charge in [-0.1, -0.05) is 60.1 Å². The molecular weight excluding hydrogens is 362 g/mol. The number of carbonyl (C=O) groups is 2. The van der Waals surface area contributed by atoms with Crippen LogP contribution in [0.15, 0.2) is 66.7 Å². The third kappa shape index (κ3) is 5.06. The van der Waals surface area contributed by atoms with Crippen molar-refractivity contribution in [3.63, 3.8) is 0 Å². The highest BCUT2D eigenvalue weighted by Crippen LogP contribution is 2.22. The molecule has 0 aliphatic rings. The Morgan fingerprint density at radius 2 is 1.37 bits per heavy atom. The van der Waals surface area contributed by atoms with Crippen molar-refractivity contribution < 1.29 is 14.5 Å². The summed E-state index contributed by atoms with van der Waals surface area (Å²) in [7, 11) is 1.80. The van der Waals surface area contributed by atoms with E-state index in [0.717, 1.165) is 21.4 Å². The lowest BCUT2D eigenvalue weighted by Gasteiger charge is -2.15. The molecule has 0 saturated heterocycles. The maximum atomic E-state index is 12.4. The quantitative estimate of drug-likeness (QED) is 0.613. The van der Waals surface area contributed by atoms with Crippen LogP contribution in [-0.4, -0.2) is 32.0 Å². The normalized spacial score (nSPS) is 11.8. The Labute approximate surface area is 162 Å². The van der Waals surface area contributed by atoms with Crippen LogP contribution >= 0.6 is 11.6 Å². The molecule has 1 unspecified atom stereocenters. The Hall–Kier alpha value is -2.89. The maximum absolute atomic E-state index is 12.4. The lowest BCUT2D eigenvalue weighted by atomic mass is 10.1. The molecule has 27 heavy (non-hydrogen) atoms. The smallest absolute Gasteiger partial charge is 0.279 e. The molecule has 0 spiro atoms. The van der Waals surface area contributed by atoms with Crippen molar-refractivity contribution in [3.8, 4) is 0 Å². The van der Waals surface area contributed by atoms with E-state index in [-0.39, 0.29) is 24.9 Å². The number of halogens is 1. The fraction of sp³-hybridized carbons (Fsp3) is 0.143. The molecule has 3 rings (SSSR count). The Bertz CT molecular complexity index is 969. The number of anilines is 2. The van der Waals surface area contributed by atoms with Crippen LogP contribution in [0.4, 0.5) is 11.4 Å². The summed E-state index contributed by atoms with van der Waals surface area (Å²) in [6.45, 7) is 0.341. The molecule has 138 valence electrons. The highest BCUT2D eigenvalue weighted by molar-refractivity contribution is 6.33. The monoisotopic (exact) mass is 382 g/mol. The molecule has 0 saturated carbocycles. The van der Waals surface area contributed by atoms with E-state index in [1.54, 1.807) is 31.3 Å². The topological polar surface area (TPSA) is 62.6 Å². The number of likely N-dealkylation sites (N-methyl/N-ethyl adjacent to an activating group) is 1. The average molecular weight is 383 g/mol. The van der Waals surface area contributed by atoms with Crippen molar-refractivity contribution in [2.45, 2.75) is 0 Å². The average Bonchev–Trinajstić information content (AvgIpc) is 2.63. The first-order valence-electron chi connectivity index (χ1n) is 8.66. The molecule has 0 heterocycles. The molecule has 0 aliphatic carbocycles. The Morgan fingerprint density at radius 3 is 2.11 bits per heavy atom. The van der Waals surface area contributed by atoms with Gasteiger partial charge in [0.1, 0.15) is 0 Å². The van der Waals surface area contributed by atoms with Gasteiger partial charge in [0.2, 0.25) is 0 Å². The van der Waals surface area contributed by atoms with E-state index in [0.29, 0.717) is 10.7 Å². The van der Waals surface area contributed by atoms with E-state index in [9.17, 15) is 9.59 Å². The van der Waals surface area contributed by atoms with Gasteiger partial charge < -0.3 is 15.5 Å². The van der Waals surface area contributed by atoms with Gasteiger partial charge in [0.05, 0.1) is 17.8 Å². The van der Waals surface area contributed by atoms with E-state index in [2.05, 4.69) is 10.6 Å². The number of carbonyl (C=O) groups excluding carboxylic acids is 2. The highest BCUT2D eigenvalue weighted by Gasteiger charge is 2.15. The number of hydrogen-bond acceptors (Lipinski definition) is 2. The number of amides is 2. The van der Waals surface area contributed by atoms with E-state index in [1.807, 2.05) is 42.5 Å². The predicted octanol–water partition coefficient (Wildman–Crippen LogP) is 2.59. The maximum Gasteiger partial charge on any atom is 0.279 e. The van der Waals surface area contributed by atoms with Gasteiger partial charge >= 0.3 is 0 Å². The Kier molecular flexibility index (Phi) is 6.06. The van der Waals surface area contributed by atoms with Gasteiger partial charge in [-0.05, 0) is 23.6 Å². The van der Waals surface area contributed by atoms with Crippen LogP contribution in [0.1, 0.15) is 0 Å². The predicted molar refractivity (Wildman–Crippen MR) is 109 cm³/mol. The SMILES string of the molecule is C[NH+](CC(=O)Nc1ccccc1Cl)CC(=O)Nc1cccc2ccccc12. The Morgan fingerprint density at radius 1 is 0.815 bits per heavy atom. The molecule has 1 atom stereocenters. The molecule has 0 aromatic heterocycles. The summed E-state index contributed by atoms with van der Waals surface area (Å²) in [5.74, 6) is -0.340. The molecule has 2 amide bonds. The molecule has 0 fully saturated rings. The summed E-state index contributed by atoms with van der Waals surface area (Å²) in [4.78, 5) is 25.3. The summed E-state index contributed by atoms with van der Waals surface area (Å²) in [6, 6.07) is 20.7. The zero-order chi connectivity index (χ0) is 19.2. The van der Waals surface area contributed by atoms with Crippen LogP contribution < -0.4 is 15.5 Å². The van der Waals surface area contributed by atoms with Gasteiger partial charge in [-0.3, -0.25) is 9.59 Å². The zero-order valence-electron chi connectivity index (χ0n) is 15.0. The van der Waals surface area contributed by atoms with Crippen LogP contribution in [0.25, 0.3) is 10.8 Å². The van der Waals surface area contributed by atoms with Gasteiger partial charge in [0, 0.05) is 11.1 Å². The number of benzene rings is 3. The molecular formula is C21H21ClN3O2+. The molecule has 6 heteroatoms. The first kappa shape index (κ1) is 18.9. The minimum atomic E-state index is -0.196. The lowest BCUT2D eigenvalue weighted by molar-refractivity contribution is -0.862. The van der Waals surface area contributed by atoms with Crippen LogP contribution in [0.5, 0.6) is 0 Å². The number of nitrogens with one attached hydrogen (secondary N) is 3. The molecule has 0 aliphatic heterocycles. The van der Waals surface area contributed by atoms with Crippen LogP contribution in [0.3, 0.4) is 0 Å².